The van der Waals surface area contributed by atoms with Gasteiger partial charge in [0.1, 0.15) is 0 Å². The molecular formula is C16H25NO6. The molecule has 2 fully saturated rings. The van der Waals surface area contributed by atoms with Crippen LogP contribution in [-0.4, -0.2) is 60.3 Å². The van der Waals surface area contributed by atoms with Crippen LogP contribution in [0.3, 0.4) is 0 Å². The Morgan fingerprint density at radius 1 is 0.826 bits per heavy atom. The van der Waals surface area contributed by atoms with Gasteiger partial charge in [0.15, 0.2) is 18.3 Å². The molecule has 2 saturated heterocycles. The molecule has 23 heavy (non-hydrogen) atoms. The molecule has 2 rings (SSSR count). The SMILES string of the molecule is CC(=O)O[C@H]1[C@H](OC(C)=O)[C@@H]2CCCCCN2C[C@@H]1OC(C)=O. The lowest BCUT2D eigenvalue weighted by Gasteiger charge is -2.46. The van der Waals surface area contributed by atoms with Crippen molar-refractivity contribution >= 4 is 17.9 Å². The largest absolute Gasteiger partial charge is 0.457 e. The monoisotopic (exact) mass is 327 g/mol. The van der Waals surface area contributed by atoms with E-state index in [1.165, 1.54) is 20.8 Å². The Balaban J connectivity index is 2.29. The summed E-state index contributed by atoms with van der Waals surface area (Å²) in [6.07, 6.45) is 2.04. The first-order chi connectivity index (χ1) is 10.9. The van der Waals surface area contributed by atoms with Crippen LogP contribution in [0.1, 0.15) is 46.5 Å². The Morgan fingerprint density at radius 3 is 2.04 bits per heavy atom. The fraction of sp³-hybridized carbons (Fsp3) is 0.812. The molecule has 2 aliphatic heterocycles. The maximum Gasteiger partial charge on any atom is 0.303 e. The van der Waals surface area contributed by atoms with Crippen LogP contribution in [-0.2, 0) is 28.6 Å². The first kappa shape index (κ1) is 17.7. The highest BCUT2D eigenvalue weighted by molar-refractivity contribution is 5.68. The maximum absolute atomic E-state index is 11.5. The molecule has 0 N–H and O–H groups in total. The third-order valence-corrected chi connectivity index (χ3v) is 4.32. The Labute approximate surface area is 136 Å². The minimum Gasteiger partial charge on any atom is -0.457 e. The van der Waals surface area contributed by atoms with E-state index in [-0.39, 0.29) is 6.04 Å². The number of ether oxygens (including phenoxy) is 3. The number of piperidine rings is 1. The van der Waals surface area contributed by atoms with Crippen LogP contribution in [0.25, 0.3) is 0 Å². The maximum atomic E-state index is 11.5. The lowest BCUT2D eigenvalue weighted by molar-refractivity contribution is -0.203. The van der Waals surface area contributed by atoms with Crippen LogP contribution >= 0.6 is 0 Å². The number of nitrogens with zero attached hydrogens (tertiary/aromatic N) is 1. The van der Waals surface area contributed by atoms with Crippen LogP contribution < -0.4 is 0 Å². The van der Waals surface area contributed by atoms with Gasteiger partial charge in [0.25, 0.3) is 0 Å². The van der Waals surface area contributed by atoms with Crippen molar-refractivity contribution in [2.45, 2.75) is 70.8 Å². The molecule has 0 amide bonds. The van der Waals surface area contributed by atoms with Gasteiger partial charge in [-0.2, -0.15) is 0 Å². The summed E-state index contributed by atoms with van der Waals surface area (Å²) < 4.78 is 16.2. The van der Waals surface area contributed by atoms with E-state index in [0.29, 0.717) is 6.54 Å². The third-order valence-electron chi connectivity index (χ3n) is 4.32. The van der Waals surface area contributed by atoms with Gasteiger partial charge in [-0.05, 0) is 19.4 Å². The zero-order valence-electron chi connectivity index (χ0n) is 13.9. The first-order valence-electron chi connectivity index (χ1n) is 8.14. The number of fused-ring (bicyclic) bond motifs is 1. The molecule has 130 valence electrons. The lowest BCUT2D eigenvalue weighted by Crippen LogP contribution is -2.64. The highest BCUT2D eigenvalue weighted by Crippen LogP contribution is 2.31. The normalized spacial score (nSPS) is 31.4. The number of hydrogen-bond donors (Lipinski definition) is 0. The summed E-state index contributed by atoms with van der Waals surface area (Å²) in [4.78, 5) is 36.6. The molecule has 0 aromatic rings. The van der Waals surface area contributed by atoms with Gasteiger partial charge < -0.3 is 14.2 Å². The number of carbonyl (C=O) groups is 3. The van der Waals surface area contributed by atoms with Gasteiger partial charge in [-0.1, -0.05) is 12.8 Å². The second-order valence-corrected chi connectivity index (χ2v) is 6.21. The highest BCUT2D eigenvalue weighted by atomic mass is 16.6. The van der Waals surface area contributed by atoms with Crippen LogP contribution in [0.5, 0.6) is 0 Å². The fourth-order valence-electron chi connectivity index (χ4n) is 3.55. The van der Waals surface area contributed by atoms with E-state index >= 15 is 0 Å². The molecule has 7 nitrogen and oxygen atoms in total. The molecule has 2 heterocycles. The molecule has 4 atom stereocenters. The molecule has 0 radical (unpaired) electrons. The topological polar surface area (TPSA) is 82.1 Å². The molecule has 2 aliphatic rings. The molecule has 0 spiro atoms. The Hall–Kier alpha value is -1.63. The molecule has 0 aromatic heterocycles. The van der Waals surface area contributed by atoms with Crippen LogP contribution in [0, 0.1) is 0 Å². The van der Waals surface area contributed by atoms with Gasteiger partial charge in [-0.25, -0.2) is 0 Å². The Morgan fingerprint density at radius 2 is 1.43 bits per heavy atom. The van der Waals surface area contributed by atoms with E-state index in [2.05, 4.69) is 4.90 Å². The van der Waals surface area contributed by atoms with Gasteiger partial charge in [0.2, 0.25) is 0 Å². The minimum absolute atomic E-state index is 0.0161. The van der Waals surface area contributed by atoms with E-state index in [9.17, 15) is 14.4 Å². The lowest BCUT2D eigenvalue weighted by atomic mass is 9.91. The van der Waals surface area contributed by atoms with Gasteiger partial charge in [-0.15, -0.1) is 0 Å². The predicted molar refractivity (Wildman–Crippen MR) is 80.5 cm³/mol. The average molecular weight is 327 g/mol. The fourth-order valence-corrected chi connectivity index (χ4v) is 3.55. The second kappa shape index (κ2) is 7.77. The van der Waals surface area contributed by atoms with Crippen molar-refractivity contribution in [1.29, 1.82) is 0 Å². The molecule has 7 heteroatoms. The molecule has 0 aliphatic carbocycles. The minimum atomic E-state index is -0.764. The van der Waals surface area contributed by atoms with Crippen LogP contribution in [0.2, 0.25) is 0 Å². The molecule has 0 unspecified atom stereocenters. The summed E-state index contributed by atoms with van der Waals surface area (Å²) in [6, 6.07) is -0.0161. The van der Waals surface area contributed by atoms with Crippen LogP contribution in [0.4, 0.5) is 0 Å². The quantitative estimate of drug-likeness (QED) is 0.566. The highest BCUT2D eigenvalue weighted by Gasteiger charge is 2.49. The van der Waals surface area contributed by atoms with Gasteiger partial charge in [-0.3, -0.25) is 19.3 Å². The van der Waals surface area contributed by atoms with E-state index in [4.69, 9.17) is 14.2 Å². The van der Waals surface area contributed by atoms with Crippen LogP contribution in [0.15, 0.2) is 0 Å². The smallest absolute Gasteiger partial charge is 0.303 e. The van der Waals surface area contributed by atoms with E-state index in [1.807, 2.05) is 0 Å². The summed E-state index contributed by atoms with van der Waals surface area (Å²) in [5, 5.41) is 0. The van der Waals surface area contributed by atoms with Crippen molar-refractivity contribution in [2.24, 2.45) is 0 Å². The zero-order chi connectivity index (χ0) is 17.0. The number of hydrogen-bond acceptors (Lipinski definition) is 7. The second-order valence-electron chi connectivity index (χ2n) is 6.21. The van der Waals surface area contributed by atoms with Crippen molar-refractivity contribution in [3.8, 4) is 0 Å². The standard InChI is InChI=1S/C16H25NO6/c1-10(18)21-14-9-17-8-6-4-5-7-13(17)15(22-11(2)19)16(14)23-12(3)20/h13-16H,4-9H2,1-3H3/t13-,14-,15+,16+/m0/s1. The van der Waals surface area contributed by atoms with Crippen molar-refractivity contribution < 1.29 is 28.6 Å². The van der Waals surface area contributed by atoms with Crippen molar-refractivity contribution in [3.63, 3.8) is 0 Å². The third kappa shape index (κ3) is 4.67. The van der Waals surface area contributed by atoms with E-state index in [0.717, 1.165) is 32.2 Å². The Bertz CT molecular complexity index is 465. The van der Waals surface area contributed by atoms with Crippen molar-refractivity contribution in [2.75, 3.05) is 13.1 Å². The van der Waals surface area contributed by atoms with Gasteiger partial charge >= 0.3 is 17.9 Å². The van der Waals surface area contributed by atoms with E-state index < -0.39 is 36.2 Å². The number of rotatable bonds is 3. The number of esters is 3. The summed E-state index contributed by atoms with van der Waals surface area (Å²) in [5.74, 6) is -1.35. The average Bonchev–Trinajstić information content (AvgIpc) is 2.66. The van der Waals surface area contributed by atoms with Gasteiger partial charge in [0.05, 0.1) is 6.04 Å². The predicted octanol–water partition coefficient (Wildman–Crippen LogP) is 1.04. The number of carbonyl (C=O) groups excluding carboxylic acids is 3. The van der Waals surface area contributed by atoms with Gasteiger partial charge in [0, 0.05) is 27.3 Å². The summed E-state index contributed by atoms with van der Waals surface area (Å²) in [7, 11) is 0. The molecule has 0 saturated carbocycles. The summed E-state index contributed by atoms with van der Waals surface area (Å²) in [5.41, 5.74) is 0. The van der Waals surface area contributed by atoms with Crippen molar-refractivity contribution in [1.82, 2.24) is 4.90 Å². The Kier molecular flexibility index (Phi) is 5.98. The first-order valence-corrected chi connectivity index (χ1v) is 8.14. The van der Waals surface area contributed by atoms with Crippen molar-refractivity contribution in [3.05, 3.63) is 0 Å². The molecule has 0 bridgehead atoms. The molecule has 0 aromatic carbocycles. The summed E-state index contributed by atoms with van der Waals surface area (Å²) >= 11 is 0. The molecular weight excluding hydrogens is 302 g/mol. The summed E-state index contributed by atoms with van der Waals surface area (Å²) in [6.45, 7) is 5.30. The van der Waals surface area contributed by atoms with E-state index in [1.54, 1.807) is 0 Å². The zero-order valence-corrected chi connectivity index (χ0v) is 13.9.